The molecule has 1 aliphatic rings. The number of hydrogen-bond acceptors (Lipinski definition) is 3. The summed E-state index contributed by atoms with van der Waals surface area (Å²) in [5.41, 5.74) is 0. The Bertz CT molecular complexity index is 179. The molecule has 0 saturated carbocycles. The Morgan fingerprint density at radius 1 is 1.24 bits per heavy atom. The van der Waals surface area contributed by atoms with Crippen LogP contribution in [0.3, 0.4) is 0 Å². The highest BCUT2D eigenvalue weighted by Crippen LogP contribution is 2.14. The average molecular weight is 242 g/mol. The minimum Gasteiger partial charge on any atom is -0.378 e. The van der Waals surface area contributed by atoms with Gasteiger partial charge in [0, 0.05) is 32.3 Å². The molecule has 17 heavy (non-hydrogen) atoms. The van der Waals surface area contributed by atoms with E-state index in [1.54, 1.807) is 0 Å². The second kappa shape index (κ2) is 8.90. The van der Waals surface area contributed by atoms with Crippen LogP contribution < -0.4 is 5.32 Å². The van der Waals surface area contributed by atoms with Gasteiger partial charge in [-0.25, -0.2) is 0 Å². The maximum absolute atomic E-state index is 5.69. The highest BCUT2D eigenvalue weighted by Gasteiger charge is 2.20. The molecule has 1 rings (SSSR count). The van der Waals surface area contributed by atoms with Gasteiger partial charge in [-0.15, -0.1) is 0 Å². The number of ether oxygens (including phenoxy) is 1. The Hall–Kier alpha value is -0.120. The second-order valence-corrected chi connectivity index (χ2v) is 5.01. The van der Waals surface area contributed by atoms with Crippen LogP contribution in [-0.2, 0) is 4.74 Å². The van der Waals surface area contributed by atoms with Crippen molar-refractivity contribution >= 4 is 0 Å². The Morgan fingerprint density at radius 3 is 2.47 bits per heavy atom. The molecule has 0 aromatic carbocycles. The summed E-state index contributed by atoms with van der Waals surface area (Å²) in [7, 11) is 0. The molecule has 0 bridgehead atoms. The Morgan fingerprint density at radius 2 is 1.94 bits per heavy atom. The normalized spacial score (nSPS) is 20.6. The topological polar surface area (TPSA) is 24.5 Å². The fraction of sp³-hybridized carbons (Fsp3) is 1.00. The van der Waals surface area contributed by atoms with Gasteiger partial charge >= 0.3 is 0 Å². The molecule has 0 amide bonds. The Balaban J connectivity index is 2.19. The number of nitrogens with one attached hydrogen (secondary N) is 1. The monoisotopic (exact) mass is 242 g/mol. The maximum Gasteiger partial charge on any atom is 0.0599 e. The van der Waals surface area contributed by atoms with Crippen LogP contribution >= 0.6 is 0 Å². The zero-order valence-electron chi connectivity index (χ0n) is 11.9. The van der Waals surface area contributed by atoms with Crippen molar-refractivity contribution in [3.05, 3.63) is 0 Å². The summed E-state index contributed by atoms with van der Waals surface area (Å²) in [6, 6.07) is 0.665. The fourth-order valence-electron chi connectivity index (χ4n) is 2.49. The molecule has 1 heterocycles. The smallest absolute Gasteiger partial charge is 0.0599 e. The minimum absolute atomic E-state index is 0.514. The fourth-order valence-corrected chi connectivity index (χ4v) is 2.49. The van der Waals surface area contributed by atoms with Gasteiger partial charge in [-0.1, -0.05) is 13.8 Å². The van der Waals surface area contributed by atoms with Crippen molar-refractivity contribution in [2.75, 3.05) is 32.8 Å². The predicted molar refractivity (Wildman–Crippen MR) is 73.5 cm³/mol. The lowest BCUT2D eigenvalue weighted by atomic mass is 10.1. The first-order chi connectivity index (χ1) is 8.30. The lowest BCUT2D eigenvalue weighted by Crippen LogP contribution is -2.45. The molecule has 3 nitrogen and oxygen atoms in total. The van der Waals surface area contributed by atoms with Crippen LogP contribution in [0.25, 0.3) is 0 Å². The molecule has 1 aliphatic heterocycles. The molecule has 0 aromatic heterocycles. The largest absolute Gasteiger partial charge is 0.378 e. The Labute approximate surface area is 107 Å². The van der Waals surface area contributed by atoms with Crippen LogP contribution in [0.2, 0.25) is 0 Å². The highest BCUT2D eigenvalue weighted by molar-refractivity contribution is 4.77. The molecule has 1 atom stereocenters. The lowest BCUT2D eigenvalue weighted by molar-refractivity contribution is 0.0123. The van der Waals surface area contributed by atoms with Gasteiger partial charge in [-0.3, -0.25) is 0 Å². The minimum atomic E-state index is 0.514. The molecule has 0 spiro atoms. The molecule has 1 unspecified atom stereocenters. The van der Waals surface area contributed by atoms with Crippen molar-refractivity contribution in [2.24, 2.45) is 0 Å². The number of piperidine rings is 1. The van der Waals surface area contributed by atoms with Crippen LogP contribution in [0.4, 0.5) is 0 Å². The van der Waals surface area contributed by atoms with E-state index in [2.05, 4.69) is 31.0 Å². The molecule has 0 radical (unpaired) electrons. The molecule has 3 heteroatoms. The van der Waals surface area contributed by atoms with Gasteiger partial charge in [0.1, 0.15) is 0 Å². The van der Waals surface area contributed by atoms with Crippen molar-refractivity contribution in [3.63, 3.8) is 0 Å². The lowest BCUT2D eigenvalue weighted by Gasteiger charge is -2.34. The summed E-state index contributed by atoms with van der Waals surface area (Å²) in [6.07, 6.45) is 5.38. The van der Waals surface area contributed by atoms with Gasteiger partial charge in [0.15, 0.2) is 0 Å². The van der Waals surface area contributed by atoms with E-state index < -0.39 is 0 Å². The summed E-state index contributed by atoms with van der Waals surface area (Å²) in [4.78, 5) is 2.59. The van der Waals surface area contributed by atoms with Crippen LogP contribution in [0.5, 0.6) is 0 Å². The first kappa shape index (κ1) is 14.9. The molecule has 0 aliphatic carbocycles. The average Bonchev–Trinajstić information content (AvgIpc) is 2.37. The van der Waals surface area contributed by atoms with Gasteiger partial charge in [-0.05, 0) is 39.2 Å². The molecule has 1 saturated heterocycles. The predicted octanol–water partition coefficient (Wildman–Crippen LogP) is 2.27. The third kappa shape index (κ3) is 5.84. The summed E-state index contributed by atoms with van der Waals surface area (Å²) in [5, 5.41) is 3.63. The van der Waals surface area contributed by atoms with E-state index in [1.807, 2.05) is 0 Å². The van der Waals surface area contributed by atoms with E-state index in [0.717, 1.165) is 13.2 Å². The highest BCUT2D eigenvalue weighted by atomic mass is 16.5. The summed E-state index contributed by atoms with van der Waals surface area (Å²) < 4.78 is 5.69. The summed E-state index contributed by atoms with van der Waals surface area (Å²) in [6.45, 7) is 12.2. The summed E-state index contributed by atoms with van der Waals surface area (Å²) >= 11 is 0. The van der Waals surface area contributed by atoms with E-state index in [0.29, 0.717) is 12.1 Å². The van der Waals surface area contributed by atoms with Crippen LogP contribution in [0.15, 0.2) is 0 Å². The van der Waals surface area contributed by atoms with Gasteiger partial charge < -0.3 is 15.0 Å². The quantitative estimate of drug-likeness (QED) is 0.706. The first-order valence-electron chi connectivity index (χ1n) is 7.37. The number of hydrogen-bond donors (Lipinski definition) is 1. The van der Waals surface area contributed by atoms with E-state index in [9.17, 15) is 0 Å². The third-order valence-corrected chi connectivity index (χ3v) is 3.59. The van der Waals surface area contributed by atoms with Crippen LogP contribution in [0, 0.1) is 0 Å². The number of nitrogens with zero attached hydrogens (tertiary/aromatic N) is 1. The van der Waals surface area contributed by atoms with Gasteiger partial charge in [0.25, 0.3) is 0 Å². The molecular weight excluding hydrogens is 212 g/mol. The van der Waals surface area contributed by atoms with E-state index >= 15 is 0 Å². The molecule has 102 valence electrons. The SMILES string of the molecule is CCCNC(CC)CN1CCC(OCC)CC1. The number of likely N-dealkylation sites (tertiary alicyclic amines) is 1. The zero-order chi connectivity index (χ0) is 12.5. The van der Waals surface area contributed by atoms with E-state index in [1.165, 1.54) is 45.3 Å². The molecule has 1 N–H and O–H groups in total. The summed E-state index contributed by atoms with van der Waals surface area (Å²) in [5.74, 6) is 0. The first-order valence-corrected chi connectivity index (χ1v) is 7.37. The molecular formula is C14H30N2O. The Kier molecular flexibility index (Phi) is 7.82. The van der Waals surface area contributed by atoms with Crippen molar-refractivity contribution < 1.29 is 4.74 Å². The van der Waals surface area contributed by atoms with Crippen molar-refractivity contribution in [3.8, 4) is 0 Å². The van der Waals surface area contributed by atoms with Crippen LogP contribution in [0.1, 0.15) is 46.5 Å². The zero-order valence-corrected chi connectivity index (χ0v) is 11.9. The molecule has 1 fully saturated rings. The molecule has 0 aromatic rings. The van der Waals surface area contributed by atoms with Gasteiger partial charge in [-0.2, -0.15) is 0 Å². The maximum atomic E-state index is 5.69. The number of rotatable bonds is 8. The standard InChI is InChI=1S/C14H30N2O/c1-4-9-15-13(5-2)12-16-10-7-14(8-11-16)17-6-3/h13-15H,4-12H2,1-3H3. The van der Waals surface area contributed by atoms with Crippen LogP contribution in [-0.4, -0.2) is 49.8 Å². The van der Waals surface area contributed by atoms with Crippen molar-refractivity contribution in [1.82, 2.24) is 10.2 Å². The van der Waals surface area contributed by atoms with Gasteiger partial charge in [0.2, 0.25) is 0 Å². The van der Waals surface area contributed by atoms with E-state index in [4.69, 9.17) is 4.74 Å². The third-order valence-electron chi connectivity index (χ3n) is 3.59. The van der Waals surface area contributed by atoms with E-state index in [-0.39, 0.29) is 0 Å². The van der Waals surface area contributed by atoms with Crippen molar-refractivity contribution in [2.45, 2.75) is 58.6 Å². The van der Waals surface area contributed by atoms with Gasteiger partial charge in [0.05, 0.1) is 6.10 Å². The second-order valence-electron chi connectivity index (χ2n) is 5.01. The van der Waals surface area contributed by atoms with Crippen molar-refractivity contribution in [1.29, 1.82) is 0 Å².